The van der Waals surface area contributed by atoms with E-state index in [1.165, 1.54) is 5.56 Å². The summed E-state index contributed by atoms with van der Waals surface area (Å²) in [5.74, 6) is 0.860. The fraction of sp³-hybridized carbons (Fsp3) is 0.0476. The summed E-state index contributed by atoms with van der Waals surface area (Å²) in [5.41, 5.74) is 6.46. The van der Waals surface area contributed by atoms with Gasteiger partial charge in [0.2, 0.25) is 0 Å². The zero-order valence-corrected chi connectivity index (χ0v) is 14.5. The number of hydrogen-bond donors (Lipinski definition) is 1. The van der Waals surface area contributed by atoms with Gasteiger partial charge in [-0.15, -0.1) is 0 Å². The molecule has 0 aliphatic heterocycles. The average Bonchev–Trinajstić information content (AvgIpc) is 3.13. The van der Waals surface area contributed by atoms with Gasteiger partial charge in [0.15, 0.2) is 0 Å². The van der Waals surface area contributed by atoms with Crippen molar-refractivity contribution in [1.82, 2.24) is 15.0 Å². The van der Waals surface area contributed by atoms with Crippen LogP contribution in [-0.2, 0) is 0 Å². The molecule has 0 aliphatic rings. The summed E-state index contributed by atoms with van der Waals surface area (Å²) in [6, 6.07) is 18.2. The number of pyridine rings is 1. The van der Waals surface area contributed by atoms with Crippen LogP contribution in [0.2, 0.25) is 5.02 Å². The summed E-state index contributed by atoms with van der Waals surface area (Å²) >= 11 is 5.97. The van der Waals surface area contributed by atoms with Crippen molar-refractivity contribution in [2.45, 2.75) is 6.92 Å². The second-order valence-corrected chi connectivity index (χ2v) is 6.35. The van der Waals surface area contributed by atoms with Gasteiger partial charge in [0.05, 0.1) is 5.69 Å². The molecule has 0 unspecified atom stereocenters. The van der Waals surface area contributed by atoms with Crippen LogP contribution in [0.1, 0.15) is 5.56 Å². The Morgan fingerprint density at radius 1 is 0.920 bits per heavy atom. The molecular weight excluding hydrogens is 330 g/mol. The highest BCUT2D eigenvalue weighted by atomic mass is 35.5. The molecular formula is C21H16ClN3. The van der Waals surface area contributed by atoms with Crippen LogP contribution >= 0.6 is 11.6 Å². The number of aryl methyl sites for hydroxylation is 1. The van der Waals surface area contributed by atoms with Gasteiger partial charge in [-0.05, 0) is 47.9 Å². The maximum Gasteiger partial charge on any atom is 0.138 e. The van der Waals surface area contributed by atoms with Gasteiger partial charge in [-0.2, -0.15) is 0 Å². The minimum atomic E-state index is 0.746. The SMILES string of the molecule is Cc1cc(-c2ccc(Cl)cc2)ccc1-c1nc(-c2cccnc2)c[nH]1. The third-order valence-corrected chi connectivity index (χ3v) is 4.45. The van der Waals surface area contributed by atoms with Gasteiger partial charge in [-0.1, -0.05) is 41.9 Å². The average molecular weight is 346 g/mol. The Hall–Kier alpha value is -2.91. The molecule has 4 heteroatoms. The third kappa shape index (κ3) is 3.19. The molecule has 0 spiro atoms. The molecule has 2 aromatic carbocycles. The quantitative estimate of drug-likeness (QED) is 0.512. The van der Waals surface area contributed by atoms with Crippen LogP contribution < -0.4 is 0 Å². The zero-order chi connectivity index (χ0) is 17.2. The topological polar surface area (TPSA) is 41.6 Å². The van der Waals surface area contributed by atoms with E-state index in [0.717, 1.165) is 38.8 Å². The second kappa shape index (κ2) is 6.54. The van der Waals surface area contributed by atoms with Crippen LogP contribution in [0, 0.1) is 6.92 Å². The molecule has 4 aromatic rings. The molecule has 0 bridgehead atoms. The molecule has 25 heavy (non-hydrogen) atoms. The molecule has 1 N–H and O–H groups in total. The number of hydrogen-bond acceptors (Lipinski definition) is 2. The summed E-state index contributed by atoms with van der Waals surface area (Å²) in [5, 5.41) is 0.746. The maximum absolute atomic E-state index is 5.97. The molecule has 122 valence electrons. The first kappa shape index (κ1) is 15.6. The molecule has 0 fully saturated rings. The molecule has 3 nitrogen and oxygen atoms in total. The van der Waals surface area contributed by atoms with E-state index < -0.39 is 0 Å². The summed E-state index contributed by atoms with van der Waals surface area (Å²) in [7, 11) is 0. The predicted octanol–water partition coefficient (Wildman–Crippen LogP) is 5.77. The minimum absolute atomic E-state index is 0.746. The predicted molar refractivity (Wildman–Crippen MR) is 102 cm³/mol. The number of imidazole rings is 1. The van der Waals surface area contributed by atoms with Crippen LogP contribution in [0.3, 0.4) is 0 Å². The van der Waals surface area contributed by atoms with E-state index in [1.807, 2.05) is 48.8 Å². The summed E-state index contributed by atoms with van der Waals surface area (Å²) in [6.45, 7) is 2.10. The van der Waals surface area contributed by atoms with Gasteiger partial charge in [0.1, 0.15) is 5.82 Å². The van der Waals surface area contributed by atoms with Crippen molar-refractivity contribution in [3.8, 4) is 33.8 Å². The molecule has 0 saturated heterocycles. The lowest BCUT2D eigenvalue weighted by Crippen LogP contribution is -1.88. The molecule has 0 radical (unpaired) electrons. The van der Waals surface area contributed by atoms with Crippen molar-refractivity contribution < 1.29 is 0 Å². The first-order valence-electron chi connectivity index (χ1n) is 8.03. The van der Waals surface area contributed by atoms with E-state index in [0.29, 0.717) is 0 Å². The second-order valence-electron chi connectivity index (χ2n) is 5.91. The number of aromatic nitrogens is 3. The monoisotopic (exact) mass is 345 g/mol. The van der Waals surface area contributed by atoms with E-state index in [1.54, 1.807) is 6.20 Å². The fourth-order valence-corrected chi connectivity index (χ4v) is 3.00. The minimum Gasteiger partial charge on any atom is -0.344 e. The first-order chi connectivity index (χ1) is 12.2. The lowest BCUT2D eigenvalue weighted by molar-refractivity contribution is 1.28. The smallest absolute Gasteiger partial charge is 0.138 e. The van der Waals surface area contributed by atoms with Gasteiger partial charge in [0, 0.05) is 34.7 Å². The van der Waals surface area contributed by atoms with E-state index >= 15 is 0 Å². The fourth-order valence-electron chi connectivity index (χ4n) is 2.87. The lowest BCUT2D eigenvalue weighted by atomic mass is 9.99. The van der Waals surface area contributed by atoms with Gasteiger partial charge in [-0.3, -0.25) is 4.98 Å². The Bertz CT molecular complexity index is 1010. The van der Waals surface area contributed by atoms with E-state index in [4.69, 9.17) is 16.6 Å². The molecule has 0 aliphatic carbocycles. The Kier molecular flexibility index (Phi) is 4.08. The van der Waals surface area contributed by atoms with Crippen LogP contribution in [0.15, 0.2) is 73.2 Å². The number of rotatable bonds is 3. The number of nitrogens with zero attached hydrogens (tertiary/aromatic N) is 2. The highest BCUT2D eigenvalue weighted by Gasteiger charge is 2.09. The van der Waals surface area contributed by atoms with Gasteiger partial charge < -0.3 is 4.98 Å². The highest BCUT2D eigenvalue weighted by Crippen LogP contribution is 2.29. The third-order valence-electron chi connectivity index (χ3n) is 4.19. The van der Waals surface area contributed by atoms with Gasteiger partial charge in [0.25, 0.3) is 0 Å². The van der Waals surface area contributed by atoms with Crippen molar-refractivity contribution in [3.05, 3.63) is 83.8 Å². The van der Waals surface area contributed by atoms with Gasteiger partial charge in [-0.25, -0.2) is 4.98 Å². The Labute approximate surface area is 151 Å². The largest absolute Gasteiger partial charge is 0.344 e. The van der Waals surface area contributed by atoms with Crippen LogP contribution in [0.5, 0.6) is 0 Å². The molecule has 4 rings (SSSR count). The van der Waals surface area contributed by atoms with Gasteiger partial charge >= 0.3 is 0 Å². The van der Waals surface area contributed by atoms with E-state index in [2.05, 4.69) is 35.1 Å². The Balaban J connectivity index is 1.68. The molecule has 0 amide bonds. The van der Waals surface area contributed by atoms with Crippen molar-refractivity contribution in [2.75, 3.05) is 0 Å². The maximum atomic E-state index is 5.97. The van der Waals surface area contributed by atoms with E-state index in [-0.39, 0.29) is 0 Å². The molecule has 0 saturated carbocycles. The summed E-state index contributed by atoms with van der Waals surface area (Å²) in [6.07, 6.45) is 5.49. The molecule has 2 aromatic heterocycles. The molecule has 0 atom stereocenters. The summed E-state index contributed by atoms with van der Waals surface area (Å²) in [4.78, 5) is 12.1. The van der Waals surface area contributed by atoms with E-state index in [9.17, 15) is 0 Å². The van der Waals surface area contributed by atoms with Crippen molar-refractivity contribution in [3.63, 3.8) is 0 Å². The van der Waals surface area contributed by atoms with Crippen LogP contribution in [-0.4, -0.2) is 15.0 Å². The van der Waals surface area contributed by atoms with Crippen LogP contribution in [0.25, 0.3) is 33.8 Å². The zero-order valence-electron chi connectivity index (χ0n) is 13.7. The summed E-state index contributed by atoms with van der Waals surface area (Å²) < 4.78 is 0. The van der Waals surface area contributed by atoms with Crippen molar-refractivity contribution >= 4 is 11.6 Å². The number of nitrogens with one attached hydrogen (secondary N) is 1. The van der Waals surface area contributed by atoms with Crippen molar-refractivity contribution in [1.29, 1.82) is 0 Å². The number of H-pyrrole nitrogens is 1. The number of aromatic amines is 1. The normalized spacial score (nSPS) is 10.8. The highest BCUT2D eigenvalue weighted by molar-refractivity contribution is 6.30. The van der Waals surface area contributed by atoms with Crippen LogP contribution in [0.4, 0.5) is 0 Å². The lowest BCUT2D eigenvalue weighted by Gasteiger charge is -2.07. The Morgan fingerprint density at radius 2 is 1.72 bits per heavy atom. The Morgan fingerprint density at radius 3 is 2.44 bits per heavy atom. The van der Waals surface area contributed by atoms with Crippen molar-refractivity contribution in [2.24, 2.45) is 0 Å². The standard InChI is InChI=1S/C21H16ClN3/c1-14-11-16(15-4-7-18(22)8-5-15)6-9-19(14)21-24-13-20(25-21)17-3-2-10-23-12-17/h2-13H,1H3,(H,24,25). The number of benzene rings is 2. The first-order valence-corrected chi connectivity index (χ1v) is 8.41. The number of halogens is 1. The molecule has 2 heterocycles.